The fourth-order valence-corrected chi connectivity index (χ4v) is 9.96. The van der Waals surface area contributed by atoms with Gasteiger partial charge in [0, 0.05) is 46.7 Å². The number of aromatic hydroxyl groups is 2. The lowest BCUT2D eigenvalue weighted by Crippen LogP contribution is -2.25. The molecule has 12 rings (SSSR count). The number of hydrogen-bond donors (Lipinski definition) is 4. The van der Waals surface area contributed by atoms with Crippen molar-refractivity contribution in [3.63, 3.8) is 0 Å². The third-order valence-electron chi connectivity index (χ3n) is 13.3. The minimum Gasteiger partial charge on any atom is -0.508 e. The van der Waals surface area contributed by atoms with Gasteiger partial charge in [-0.3, -0.25) is 9.97 Å². The summed E-state index contributed by atoms with van der Waals surface area (Å²) < 4.78 is 30.3. The summed E-state index contributed by atoms with van der Waals surface area (Å²) in [7, 11) is 0. The van der Waals surface area contributed by atoms with E-state index in [1.165, 1.54) is 68.0 Å². The van der Waals surface area contributed by atoms with Crippen LogP contribution in [0.2, 0.25) is 5.28 Å². The van der Waals surface area contributed by atoms with Crippen LogP contribution in [0.5, 0.6) is 11.5 Å². The molecule has 0 saturated carbocycles. The van der Waals surface area contributed by atoms with Crippen molar-refractivity contribution < 1.29 is 19.0 Å². The highest BCUT2D eigenvalue weighted by atomic mass is 35.5. The first-order valence-corrected chi connectivity index (χ1v) is 23.6. The Balaban J connectivity index is 0.000000133. The van der Waals surface area contributed by atoms with E-state index in [-0.39, 0.29) is 23.2 Å². The molecule has 0 unspecified atom stereocenters. The van der Waals surface area contributed by atoms with Crippen LogP contribution >= 0.6 is 11.6 Å². The lowest BCUT2D eigenvalue weighted by Gasteiger charge is -2.26. The Morgan fingerprint density at radius 2 is 1.17 bits per heavy atom. The van der Waals surface area contributed by atoms with Crippen molar-refractivity contribution in [1.29, 1.82) is 0 Å². The van der Waals surface area contributed by atoms with Gasteiger partial charge in [-0.1, -0.05) is 51.0 Å². The number of rotatable bonds is 6. The Kier molecular flexibility index (Phi) is 12.4. The molecule has 0 fully saturated rings. The van der Waals surface area contributed by atoms with Gasteiger partial charge in [0.25, 0.3) is 0 Å². The number of hydrogen-bond acceptors (Lipinski definition) is 12. The van der Waals surface area contributed by atoms with Crippen molar-refractivity contribution in [2.45, 2.75) is 103 Å². The van der Waals surface area contributed by atoms with Crippen LogP contribution in [0.1, 0.15) is 111 Å². The van der Waals surface area contributed by atoms with Crippen molar-refractivity contribution in [2.75, 3.05) is 5.32 Å². The lowest BCUT2D eigenvalue weighted by molar-refractivity contribution is 0.474. The number of fused-ring (bicyclic) bond motifs is 6. The van der Waals surface area contributed by atoms with Crippen LogP contribution in [-0.2, 0) is 12.8 Å². The normalized spacial score (nSPS) is 17.1. The highest BCUT2D eigenvalue weighted by Gasteiger charge is 2.30. The summed E-state index contributed by atoms with van der Waals surface area (Å²) in [4.78, 5) is 25.8. The molecule has 6 heterocycles. The van der Waals surface area contributed by atoms with Crippen molar-refractivity contribution in [3.05, 3.63) is 147 Å². The van der Waals surface area contributed by atoms with E-state index in [1.807, 2.05) is 44.3 Å². The minimum absolute atomic E-state index is 0.148. The molecule has 0 aliphatic heterocycles. The molecule has 2 atom stereocenters. The monoisotopic (exact) mass is 948 g/mol. The summed E-state index contributed by atoms with van der Waals surface area (Å²) in [5.74, 6) is 1.59. The molecule has 17 heteroatoms. The molecule has 0 spiro atoms. The van der Waals surface area contributed by atoms with Crippen molar-refractivity contribution >= 4 is 40.0 Å². The van der Waals surface area contributed by atoms with Crippen molar-refractivity contribution in [2.24, 2.45) is 5.73 Å². The number of aromatic nitrogens is 10. The van der Waals surface area contributed by atoms with Crippen molar-refractivity contribution in [3.8, 4) is 34.3 Å². The number of halogens is 3. The largest absolute Gasteiger partial charge is 0.508 e. The van der Waals surface area contributed by atoms with Gasteiger partial charge < -0.3 is 21.3 Å². The van der Waals surface area contributed by atoms with Gasteiger partial charge in [0.15, 0.2) is 22.9 Å². The van der Waals surface area contributed by atoms with Crippen LogP contribution in [0.15, 0.2) is 96.9 Å². The third-order valence-corrected chi connectivity index (χ3v) is 13.5. The van der Waals surface area contributed by atoms with E-state index in [0.29, 0.717) is 57.6 Å². The number of phenols is 2. The van der Waals surface area contributed by atoms with Crippen molar-refractivity contribution in [1.82, 2.24) is 49.1 Å². The Morgan fingerprint density at radius 3 is 1.74 bits per heavy atom. The van der Waals surface area contributed by atoms with Crippen LogP contribution < -0.4 is 11.1 Å². The Morgan fingerprint density at radius 1 is 0.652 bits per heavy atom. The summed E-state index contributed by atoms with van der Waals surface area (Å²) in [5.41, 5.74) is 21.0. The highest BCUT2D eigenvalue weighted by Crippen LogP contribution is 2.44. The zero-order valence-corrected chi connectivity index (χ0v) is 39.4. The van der Waals surface area contributed by atoms with E-state index in [2.05, 4.69) is 49.3 Å². The molecule has 6 aromatic heterocycles. The quantitative estimate of drug-likeness (QED) is 0.124. The highest BCUT2D eigenvalue weighted by molar-refractivity contribution is 6.28. The molecule has 0 saturated heterocycles. The van der Waals surface area contributed by atoms with Gasteiger partial charge in [-0.05, 0) is 145 Å². The fraction of sp³-hybridized carbons (Fsp3) is 0.308. The number of anilines is 1. The summed E-state index contributed by atoms with van der Waals surface area (Å²) in [6.45, 7) is 8.27. The molecule has 69 heavy (non-hydrogen) atoms. The maximum absolute atomic E-state index is 13.9. The lowest BCUT2D eigenvalue weighted by atomic mass is 9.88. The molecular formula is C52H51ClF2N12O2. The van der Waals surface area contributed by atoms with Gasteiger partial charge >= 0.3 is 0 Å². The van der Waals surface area contributed by atoms with Gasteiger partial charge in [0.1, 0.15) is 23.1 Å². The Hall–Kier alpha value is -7.17. The molecular weight excluding hydrogens is 898 g/mol. The van der Waals surface area contributed by atoms with Gasteiger partial charge in [0.2, 0.25) is 11.2 Å². The zero-order valence-electron chi connectivity index (χ0n) is 38.6. The second kappa shape index (κ2) is 18.7. The van der Waals surface area contributed by atoms with Crippen LogP contribution in [0.3, 0.4) is 0 Å². The summed E-state index contributed by atoms with van der Waals surface area (Å²) in [5, 5.41) is 32.0. The number of pyridine rings is 2. The van der Waals surface area contributed by atoms with E-state index in [0.717, 1.165) is 74.3 Å². The maximum Gasteiger partial charge on any atom is 0.228 e. The second-order valence-electron chi connectivity index (χ2n) is 18.7. The van der Waals surface area contributed by atoms with Gasteiger partial charge in [-0.15, -0.1) is 0 Å². The topological polar surface area (TPSA) is 190 Å². The Bertz CT molecular complexity index is 3350. The molecule has 14 nitrogen and oxygen atoms in total. The first-order chi connectivity index (χ1) is 33.3. The molecule has 4 aliphatic rings. The molecule has 4 aliphatic carbocycles. The second-order valence-corrected chi connectivity index (χ2v) is 19.1. The first kappa shape index (κ1) is 45.6. The third kappa shape index (κ3) is 9.25. The predicted octanol–water partition coefficient (Wildman–Crippen LogP) is 10.4. The number of nitrogens with one attached hydrogen (secondary N) is 1. The number of benzene rings is 2. The molecule has 352 valence electrons. The predicted molar refractivity (Wildman–Crippen MR) is 262 cm³/mol. The number of nitrogens with zero attached hydrogens (tertiary/aromatic N) is 10. The number of phenolic OH excluding ortho intramolecular Hbond substituents is 2. The van der Waals surface area contributed by atoms with E-state index in [1.54, 1.807) is 29.0 Å². The van der Waals surface area contributed by atoms with E-state index < -0.39 is 11.6 Å². The maximum atomic E-state index is 13.9. The fourth-order valence-electron chi connectivity index (χ4n) is 9.76. The van der Waals surface area contributed by atoms with Gasteiger partial charge in [-0.2, -0.15) is 29.2 Å². The summed E-state index contributed by atoms with van der Waals surface area (Å²) in [6.07, 6.45) is 17.0. The number of nitrogens with two attached hydrogens (primary N) is 1. The standard InChI is InChI=1S/C26H25FN6O.C13H11ClFN5.C13H15NO/c1-14(2)23-13-29-33-25(23)31-24(17-8-18(27)12-28-11-17)32-26(33)30-19-5-3-15-7-16-4-6-20(34)10-22(16)21(15)9-19;1-7(2)10-6-17-20-12(10)18-11(19-13(20)14)8-3-9(15)5-16-4-8;14-10-3-1-8-5-9-2-4-11(15)7-13(9)12(8)6-10/h4,6,8,10-14,19,34H,3,5,7,9H2,1-2H3,(H,30,31,32);3-7H,1-2H3;2,4,7,10,15H,1,3,5-6,14H2/t19-;;10-/m1.1/s1. The molecule has 0 bridgehead atoms. The SMILES string of the molecule is CC(C)c1cnn2c(Cl)nc(-c3cncc(F)c3)nc12.CC(C)c1cnn2c(N[C@@H]3CCC4=C(C3)c3cc(O)ccc3C4)nc(-c3cncc(F)c3)nc12.N[C@@H]1CCC2=C(C1)c1cc(O)ccc1C2. The summed E-state index contributed by atoms with van der Waals surface area (Å²) >= 11 is 6.11. The summed E-state index contributed by atoms with van der Waals surface area (Å²) in [6, 6.07) is 14.5. The smallest absolute Gasteiger partial charge is 0.228 e. The first-order valence-electron chi connectivity index (χ1n) is 23.2. The minimum atomic E-state index is -0.445. The Labute approximate surface area is 402 Å². The molecule has 0 amide bonds. The van der Waals surface area contributed by atoms with Crippen LogP contribution in [0.4, 0.5) is 14.7 Å². The van der Waals surface area contributed by atoms with Crippen LogP contribution in [-0.4, -0.2) is 71.4 Å². The molecule has 8 aromatic rings. The van der Waals surface area contributed by atoms with Gasteiger partial charge in [0.05, 0.1) is 24.8 Å². The molecule has 5 N–H and O–H groups in total. The van der Waals surface area contributed by atoms with Crippen LogP contribution in [0.25, 0.3) is 45.2 Å². The van der Waals surface area contributed by atoms with E-state index in [9.17, 15) is 19.0 Å². The molecule has 0 radical (unpaired) electrons. The van der Waals surface area contributed by atoms with Crippen LogP contribution in [0, 0.1) is 11.6 Å². The average molecular weight is 950 g/mol. The average Bonchev–Trinajstić information content (AvgIpc) is 4.13. The van der Waals surface area contributed by atoms with E-state index in [4.69, 9.17) is 27.3 Å². The number of allylic oxidation sites excluding steroid dienone is 2. The molecule has 2 aromatic carbocycles. The van der Waals surface area contributed by atoms with Gasteiger partial charge in [-0.25, -0.2) is 18.7 Å². The zero-order chi connectivity index (χ0) is 48.1. The van der Waals surface area contributed by atoms with E-state index >= 15 is 0 Å².